The maximum atomic E-state index is 12.3. The van der Waals surface area contributed by atoms with Gasteiger partial charge >= 0.3 is 0 Å². The van der Waals surface area contributed by atoms with E-state index in [9.17, 15) is 4.79 Å². The summed E-state index contributed by atoms with van der Waals surface area (Å²) in [5.74, 6) is 2.03. The molecule has 0 bridgehead atoms. The van der Waals surface area contributed by atoms with Gasteiger partial charge in [-0.05, 0) is 57.4 Å². The summed E-state index contributed by atoms with van der Waals surface area (Å²) in [4.78, 5) is 23.3. The number of rotatable bonds is 10. The van der Waals surface area contributed by atoms with Crippen molar-refractivity contribution in [1.82, 2.24) is 20.0 Å². The third kappa shape index (κ3) is 8.84. The SMILES string of the molecule is CCNC(=NCCCN1CCCC1C(=O)N(C)C)N(C)Cc1ccc(OCC)cc1.I. The zero-order valence-corrected chi connectivity index (χ0v) is 22.1. The molecule has 1 fully saturated rings. The Morgan fingerprint density at radius 3 is 2.55 bits per heavy atom. The van der Waals surface area contributed by atoms with Crippen LogP contribution in [0.3, 0.4) is 0 Å². The number of likely N-dealkylation sites (N-methyl/N-ethyl adjacent to an activating group) is 1. The predicted octanol–water partition coefficient (Wildman–Crippen LogP) is 3.04. The maximum Gasteiger partial charge on any atom is 0.239 e. The fourth-order valence-corrected chi connectivity index (χ4v) is 3.81. The van der Waals surface area contributed by atoms with Crippen LogP contribution in [0.2, 0.25) is 0 Å². The largest absolute Gasteiger partial charge is 0.494 e. The molecule has 0 saturated carbocycles. The fourth-order valence-electron chi connectivity index (χ4n) is 3.81. The van der Waals surface area contributed by atoms with Crippen LogP contribution in [0.4, 0.5) is 0 Å². The van der Waals surface area contributed by atoms with Crippen LogP contribution in [0.25, 0.3) is 0 Å². The zero-order valence-electron chi connectivity index (χ0n) is 19.8. The van der Waals surface area contributed by atoms with Gasteiger partial charge in [-0.1, -0.05) is 12.1 Å². The monoisotopic (exact) mass is 545 g/mol. The van der Waals surface area contributed by atoms with Gasteiger partial charge in [0.15, 0.2) is 5.96 Å². The number of halogens is 1. The van der Waals surface area contributed by atoms with Crippen molar-refractivity contribution in [2.75, 3.05) is 53.9 Å². The summed E-state index contributed by atoms with van der Waals surface area (Å²) in [6, 6.07) is 8.26. The highest BCUT2D eigenvalue weighted by Gasteiger charge is 2.30. The predicted molar refractivity (Wildman–Crippen MR) is 138 cm³/mol. The summed E-state index contributed by atoms with van der Waals surface area (Å²) in [6.07, 6.45) is 3.01. The minimum Gasteiger partial charge on any atom is -0.494 e. The van der Waals surface area contributed by atoms with Gasteiger partial charge in [0.05, 0.1) is 12.6 Å². The van der Waals surface area contributed by atoms with E-state index in [1.54, 1.807) is 4.90 Å². The summed E-state index contributed by atoms with van der Waals surface area (Å²) < 4.78 is 5.52. The number of nitrogens with zero attached hydrogens (tertiary/aromatic N) is 4. The van der Waals surface area contributed by atoms with Crippen molar-refractivity contribution >= 4 is 35.8 Å². The van der Waals surface area contributed by atoms with Crippen LogP contribution in [0, 0.1) is 0 Å². The number of ether oxygens (including phenoxy) is 1. The highest BCUT2D eigenvalue weighted by Crippen LogP contribution is 2.19. The second-order valence-corrected chi connectivity index (χ2v) is 7.95. The van der Waals surface area contributed by atoms with E-state index in [1.165, 1.54) is 5.56 Å². The number of hydrogen-bond donors (Lipinski definition) is 1. The lowest BCUT2D eigenvalue weighted by atomic mass is 10.2. The first-order valence-corrected chi connectivity index (χ1v) is 11.1. The zero-order chi connectivity index (χ0) is 21.9. The van der Waals surface area contributed by atoms with Crippen LogP contribution < -0.4 is 10.1 Å². The molecule has 2 rings (SSSR count). The summed E-state index contributed by atoms with van der Waals surface area (Å²) in [6.45, 7) is 9.03. The molecule has 1 aromatic rings. The molecule has 0 aromatic heterocycles. The van der Waals surface area contributed by atoms with E-state index in [1.807, 2.05) is 33.2 Å². The second-order valence-electron chi connectivity index (χ2n) is 7.95. The number of nitrogens with one attached hydrogen (secondary N) is 1. The average molecular weight is 546 g/mol. The van der Waals surface area contributed by atoms with Crippen molar-refractivity contribution in [2.45, 2.75) is 45.7 Å². The van der Waals surface area contributed by atoms with Gasteiger partial charge in [0.1, 0.15) is 5.75 Å². The molecular formula is C23H40IN5O2. The van der Waals surface area contributed by atoms with Gasteiger partial charge in [-0.2, -0.15) is 0 Å². The third-order valence-corrected chi connectivity index (χ3v) is 5.31. The van der Waals surface area contributed by atoms with Crippen molar-refractivity contribution < 1.29 is 9.53 Å². The van der Waals surface area contributed by atoms with Crippen molar-refractivity contribution in [3.05, 3.63) is 29.8 Å². The van der Waals surface area contributed by atoms with E-state index in [2.05, 4.69) is 41.2 Å². The number of benzene rings is 1. The molecular weight excluding hydrogens is 505 g/mol. The Bertz CT molecular complexity index is 681. The summed E-state index contributed by atoms with van der Waals surface area (Å²) in [7, 11) is 5.74. The first-order chi connectivity index (χ1) is 14.5. The molecule has 0 aliphatic carbocycles. The minimum absolute atomic E-state index is 0. The standard InChI is InChI=1S/C23H39N5O2.HI/c1-6-24-23(27(5)18-19-11-13-20(14-12-19)30-7-2)25-15-9-17-28-16-8-10-21(28)22(29)26(3)4;/h11-14,21H,6-10,15-18H2,1-5H3,(H,24,25);1H. The molecule has 1 aliphatic rings. The number of hydrogen-bond acceptors (Lipinski definition) is 4. The smallest absolute Gasteiger partial charge is 0.239 e. The highest BCUT2D eigenvalue weighted by atomic mass is 127. The lowest BCUT2D eigenvalue weighted by Gasteiger charge is -2.26. The van der Waals surface area contributed by atoms with Gasteiger partial charge in [-0.15, -0.1) is 24.0 Å². The Balaban J connectivity index is 0.00000480. The van der Waals surface area contributed by atoms with Crippen LogP contribution >= 0.6 is 24.0 Å². The second kappa shape index (κ2) is 14.5. The summed E-state index contributed by atoms with van der Waals surface area (Å²) >= 11 is 0. The van der Waals surface area contributed by atoms with Crippen molar-refractivity contribution in [3.63, 3.8) is 0 Å². The molecule has 1 heterocycles. The summed E-state index contributed by atoms with van der Waals surface area (Å²) in [5, 5.41) is 3.38. The molecule has 0 radical (unpaired) electrons. The minimum atomic E-state index is 0. The van der Waals surface area contributed by atoms with Crippen LogP contribution in [0.15, 0.2) is 29.3 Å². The van der Waals surface area contributed by atoms with Gasteiger partial charge in [-0.3, -0.25) is 14.7 Å². The Morgan fingerprint density at radius 2 is 1.94 bits per heavy atom. The molecule has 1 N–H and O–H groups in total. The van der Waals surface area contributed by atoms with E-state index >= 15 is 0 Å². The van der Waals surface area contributed by atoms with E-state index in [0.29, 0.717) is 6.61 Å². The van der Waals surface area contributed by atoms with E-state index in [4.69, 9.17) is 9.73 Å². The van der Waals surface area contributed by atoms with Gasteiger partial charge in [0.25, 0.3) is 0 Å². The van der Waals surface area contributed by atoms with Crippen LogP contribution in [-0.2, 0) is 11.3 Å². The molecule has 176 valence electrons. The molecule has 8 heteroatoms. The number of carbonyl (C=O) groups is 1. The Hall–Kier alpha value is -1.55. The molecule has 1 unspecified atom stereocenters. The number of aliphatic imine (C=N–C) groups is 1. The molecule has 0 spiro atoms. The Kier molecular flexibility index (Phi) is 12.9. The normalized spacial score (nSPS) is 16.5. The number of guanidine groups is 1. The van der Waals surface area contributed by atoms with Crippen LogP contribution in [-0.4, -0.2) is 86.5 Å². The van der Waals surface area contributed by atoms with Crippen LogP contribution in [0.1, 0.15) is 38.7 Å². The van der Waals surface area contributed by atoms with E-state index < -0.39 is 0 Å². The van der Waals surface area contributed by atoms with Gasteiger partial charge in [0, 0.05) is 47.3 Å². The average Bonchev–Trinajstić information content (AvgIpc) is 3.19. The maximum absolute atomic E-state index is 12.3. The van der Waals surface area contributed by atoms with Gasteiger partial charge in [-0.25, -0.2) is 0 Å². The number of likely N-dealkylation sites (tertiary alicyclic amines) is 1. The molecule has 1 aromatic carbocycles. The molecule has 31 heavy (non-hydrogen) atoms. The van der Waals surface area contributed by atoms with Gasteiger partial charge in [0.2, 0.25) is 5.91 Å². The topological polar surface area (TPSA) is 60.4 Å². The fraction of sp³-hybridized carbons (Fsp3) is 0.652. The quantitative estimate of drug-likeness (QED) is 0.212. The lowest BCUT2D eigenvalue weighted by molar-refractivity contribution is -0.133. The Morgan fingerprint density at radius 1 is 1.23 bits per heavy atom. The lowest BCUT2D eigenvalue weighted by Crippen LogP contribution is -2.43. The van der Waals surface area contributed by atoms with Crippen molar-refractivity contribution in [2.24, 2.45) is 4.99 Å². The first-order valence-electron chi connectivity index (χ1n) is 11.1. The third-order valence-electron chi connectivity index (χ3n) is 5.31. The Labute approximate surface area is 205 Å². The first kappa shape index (κ1) is 27.5. The number of carbonyl (C=O) groups excluding carboxylic acids is 1. The highest BCUT2D eigenvalue weighted by molar-refractivity contribution is 14.0. The van der Waals surface area contributed by atoms with Crippen molar-refractivity contribution in [3.8, 4) is 5.75 Å². The molecule has 1 amide bonds. The van der Waals surface area contributed by atoms with Crippen LogP contribution in [0.5, 0.6) is 5.75 Å². The molecule has 1 saturated heterocycles. The summed E-state index contributed by atoms with van der Waals surface area (Å²) in [5.41, 5.74) is 1.22. The number of amides is 1. The van der Waals surface area contributed by atoms with Crippen molar-refractivity contribution in [1.29, 1.82) is 0 Å². The molecule has 7 nitrogen and oxygen atoms in total. The van der Waals surface area contributed by atoms with Gasteiger partial charge < -0.3 is 19.9 Å². The van der Waals surface area contributed by atoms with E-state index in [-0.39, 0.29) is 35.9 Å². The van der Waals surface area contributed by atoms with E-state index in [0.717, 1.165) is 63.7 Å². The molecule has 1 atom stereocenters. The molecule has 1 aliphatic heterocycles.